The first-order chi connectivity index (χ1) is 11.5. The number of esters is 1. The van der Waals surface area contributed by atoms with Gasteiger partial charge in [-0.2, -0.15) is 0 Å². The molecular formula is C16H24N2O6S. The first-order valence-electron chi connectivity index (χ1n) is 7.62. The fourth-order valence-electron chi connectivity index (χ4n) is 2.03. The van der Waals surface area contributed by atoms with Crippen LogP contribution >= 0.6 is 0 Å². The molecule has 0 aliphatic heterocycles. The van der Waals surface area contributed by atoms with Crippen molar-refractivity contribution < 1.29 is 27.5 Å². The zero-order valence-corrected chi connectivity index (χ0v) is 16.0. The highest BCUT2D eigenvalue weighted by molar-refractivity contribution is 7.89. The van der Waals surface area contributed by atoms with Gasteiger partial charge in [0.25, 0.3) is 5.91 Å². The Morgan fingerprint density at radius 1 is 1.16 bits per heavy atom. The molecule has 0 aliphatic carbocycles. The summed E-state index contributed by atoms with van der Waals surface area (Å²) in [6, 6.07) is 3.58. The number of nitrogens with zero attached hydrogens (tertiary/aromatic N) is 1. The molecule has 0 aromatic heterocycles. The molecule has 25 heavy (non-hydrogen) atoms. The lowest BCUT2D eigenvalue weighted by Gasteiger charge is -2.18. The summed E-state index contributed by atoms with van der Waals surface area (Å²) < 4.78 is 37.4. The normalized spacial score (nSPS) is 12.6. The standard InChI is InChI=1S/C16H24N2O6S/c1-10(2)17-25(21,22)14-9-12(7-8-13(14)23-6)16(20)24-11(3)15(19)18(4)5/h7-11,17H,1-6H3. The Morgan fingerprint density at radius 2 is 1.76 bits per heavy atom. The number of hydrogen-bond acceptors (Lipinski definition) is 6. The highest BCUT2D eigenvalue weighted by Gasteiger charge is 2.25. The van der Waals surface area contributed by atoms with Crippen molar-refractivity contribution in [3.05, 3.63) is 23.8 Å². The number of rotatable bonds is 7. The summed E-state index contributed by atoms with van der Waals surface area (Å²) in [7, 11) is 0.546. The van der Waals surface area contributed by atoms with E-state index >= 15 is 0 Å². The fraction of sp³-hybridized carbons (Fsp3) is 0.500. The fourth-order valence-corrected chi connectivity index (χ4v) is 3.48. The Morgan fingerprint density at radius 3 is 2.24 bits per heavy atom. The molecule has 0 spiro atoms. The molecule has 1 unspecified atom stereocenters. The Labute approximate surface area is 148 Å². The van der Waals surface area contributed by atoms with E-state index in [2.05, 4.69) is 4.72 Å². The maximum Gasteiger partial charge on any atom is 0.338 e. The van der Waals surface area contributed by atoms with E-state index in [1.54, 1.807) is 27.9 Å². The summed E-state index contributed by atoms with van der Waals surface area (Å²) in [5, 5.41) is 0. The highest BCUT2D eigenvalue weighted by Crippen LogP contribution is 2.25. The van der Waals surface area contributed by atoms with Gasteiger partial charge in [0.1, 0.15) is 10.6 Å². The van der Waals surface area contributed by atoms with E-state index < -0.39 is 22.1 Å². The molecule has 0 bridgehead atoms. The van der Waals surface area contributed by atoms with E-state index in [1.165, 1.54) is 37.1 Å². The number of nitrogens with one attached hydrogen (secondary N) is 1. The molecule has 140 valence electrons. The van der Waals surface area contributed by atoms with Gasteiger partial charge < -0.3 is 14.4 Å². The minimum Gasteiger partial charge on any atom is -0.495 e. The molecule has 1 amide bonds. The quantitative estimate of drug-likeness (QED) is 0.717. The topological polar surface area (TPSA) is 102 Å². The van der Waals surface area contributed by atoms with Gasteiger partial charge in [-0.25, -0.2) is 17.9 Å². The van der Waals surface area contributed by atoms with Crippen molar-refractivity contribution in [3.8, 4) is 5.75 Å². The van der Waals surface area contributed by atoms with Gasteiger partial charge in [-0.15, -0.1) is 0 Å². The van der Waals surface area contributed by atoms with Gasteiger partial charge in [-0.1, -0.05) is 0 Å². The summed E-state index contributed by atoms with van der Waals surface area (Å²) in [5.41, 5.74) is 0.00309. The Kier molecular flexibility index (Phi) is 6.95. The average molecular weight is 372 g/mol. The largest absolute Gasteiger partial charge is 0.495 e. The maximum absolute atomic E-state index is 12.4. The molecule has 1 N–H and O–H groups in total. The van der Waals surface area contributed by atoms with Crippen molar-refractivity contribution in [2.75, 3.05) is 21.2 Å². The summed E-state index contributed by atoms with van der Waals surface area (Å²) in [4.78, 5) is 25.1. The van der Waals surface area contributed by atoms with Gasteiger partial charge in [-0.05, 0) is 39.0 Å². The van der Waals surface area contributed by atoms with Crippen LogP contribution in [-0.4, -0.2) is 58.5 Å². The molecule has 1 aromatic rings. The Hall–Kier alpha value is -2.13. The third-order valence-electron chi connectivity index (χ3n) is 3.15. The van der Waals surface area contributed by atoms with Gasteiger partial charge >= 0.3 is 5.97 Å². The zero-order valence-electron chi connectivity index (χ0n) is 15.2. The SMILES string of the molecule is COc1ccc(C(=O)OC(C)C(=O)N(C)C)cc1S(=O)(=O)NC(C)C. The monoisotopic (exact) mass is 372 g/mol. The molecule has 1 aromatic carbocycles. The van der Waals surface area contributed by atoms with Crippen LogP contribution in [0.1, 0.15) is 31.1 Å². The van der Waals surface area contributed by atoms with Crippen molar-refractivity contribution in [2.45, 2.75) is 37.8 Å². The Balaban J connectivity index is 3.17. The predicted molar refractivity (Wildman–Crippen MR) is 92.0 cm³/mol. The molecule has 0 aliphatic rings. The second-order valence-electron chi connectivity index (χ2n) is 5.92. The first kappa shape index (κ1) is 20.9. The highest BCUT2D eigenvalue weighted by atomic mass is 32.2. The number of ether oxygens (including phenoxy) is 2. The molecule has 0 fully saturated rings. The molecule has 0 saturated carbocycles. The zero-order chi connectivity index (χ0) is 19.4. The maximum atomic E-state index is 12.4. The van der Waals surface area contributed by atoms with Crippen LogP contribution in [0.3, 0.4) is 0 Å². The van der Waals surface area contributed by atoms with Crippen LogP contribution in [-0.2, 0) is 19.6 Å². The number of likely N-dealkylation sites (N-methyl/N-ethyl adjacent to an activating group) is 1. The van der Waals surface area contributed by atoms with Gasteiger partial charge in [0.05, 0.1) is 12.7 Å². The van der Waals surface area contributed by atoms with Gasteiger partial charge in [0.2, 0.25) is 10.0 Å². The van der Waals surface area contributed by atoms with Crippen LogP contribution in [0.4, 0.5) is 0 Å². The molecule has 9 heteroatoms. The van der Waals surface area contributed by atoms with Crippen LogP contribution in [0.5, 0.6) is 5.75 Å². The number of amides is 1. The van der Waals surface area contributed by atoms with E-state index in [0.717, 1.165) is 0 Å². The van der Waals surface area contributed by atoms with Crippen molar-refractivity contribution >= 4 is 21.9 Å². The van der Waals surface area contributed by atoms with E-state index in [9.17, 15) is 18.0 Å². The third-order valence-corrected chi connectivity index (χ3v) is 4.83. The van der Waals surface area contributed by atoms with Crippen molar-refractivity contribution in [1.29, 1.82) is 0 Å². The number of carbonyl (C=O) groups is 2. The van der Waals surface area contributed by atoms with Crippen LogP contribution < -0.4 is 9.46 Å². The summed E-state index contributed by atoms with van der Waals surface area (Å²) >= 11 is 0. The van der Waals surface area contributed by atoms with Crippen molar-refractivity contribution in [2.24, 2.45) is 0 Å². The van der Waals surface area contributed by atoms with Crippen LogP contribution in [0.25, 0.3) is 0 Å². The first-order valence-corrected chi connectivity index (χ1v) is 9.10. The second kappa shape index (κ2) is 8.30. The number of carbonyl (C=O) groups excluding carboxylic acids is 2. The second-order valence-corrected chi connectivity index (χ2v) is 7.60. The number of sulfonamides is 1. The Bertz CT molecular complexity index is 743. The summed E-state index contributed by atoms with van der Waals surface area (Å²) in [5.74, 6) is -1.08. The van der Waals surface area contributed by atoms with Gasteiger partial charge in [0.15, 0.2) is 6.10 Å². The van der Waals surface area contributed by atoms with Crippen LogP contribution in [0, 0.1) is 0 Å². The smallest absolute Gasteiger partial charge is 0.338 e. The summed E-state index contributed by atoms with van der Waals surface area (Å²) in [6.45, 7) is 4.80. The molecule has 8 nitrogen and oxygen atoms in total. The van der Waals surface area contributed by atoms with E-state index in [0.29, 0.717) is 0 Å². The lowest BCUT2D eigenvalue weighted by atomic mass is 10.2. The predicted octanol–water partition coefficient (Wildman–Crippen LogP) is 1.02. The molecule has 0 saturated heterocycles. The molecule has 1 atom stereocenters. The van der Waals surface area contributed by atoms with Crippen LogP contribution in [0.15, 0.2) is 23.1 Å². The van der Waals surface area contributed by atoms with E-state index in [-0.39, 0.29) is 28.2 Å². The van der Waals surface area contributed by atoms with Gasteiger partial charge in [-0.3, -0.25) is 4.79 Å². The molecule has 0 heterocycles. The van der Waals surface area contributed by atoms with Crippen LogP contribution in [0.2, 0.25) is 0 Å². The third kappa shape index (κ3) is 5.43. The average Bonchev–Trinajstić information content (AvgIpc) is 2.51. The lowest BCUT2D eigenvalue weighted by molar-refractivity contribution is -0.137. The number of benzene rings is 1. The molecule has 1 rings (SSSR count). The van der Waals surface area contributed by atoms with E-state index in [1.807, 2.05) is 0 Å². The number of methoxy groups -OCH3 is 1. The molecular weight excluding hydrogens is 348 g/mol. The minimum atomic E-state index is -3.87. The number of hydrogen-bond donors (Lipinski definition) is 1. The summed E-state index contributed by atoms with van der Waals surface area (Å²) in [6.07, 6.45) is -0.988. The molecule has 0 radical (unpaired) electrons. The minimum absolute atomic E-state index is 0.00309. The lowest BCUT2D eigenvalue weighted by Crippen LogP contribution is -2.35. The van der Waals surface area contributed by atoms with Crippen molar-refractivity contribution in [1.82, 2.24) is 9.62 Å². The van der Waals surface area contributed by atoms with Crippen molar-refractivity contribution in [3.63, 3.8) is 0 Å². The van der Waals surface area contributed by atoms with Gasteiger partial charge in [0, 0.05) is 20.1 Å². The van der Waals surface area contributed by atoms with E-state index in [4.69, 9.17) is 9.47 Å².